The van der Waals surface area contributed by atoms with Crippen molar-refractivity contribution >= 4 is 21.7 Å². The van der Waals surface area contributed by atoms with E-state index in [1.807, 2.05) is 25.1 Å². The number of carbonyl (C=O) groups excluding carboxylic acids is 1. The molecule has 2 nitrogen and oxygen atoms in total. The van der Waals surface area contributed by atoms with Gasteiger partial charge in [-0.25, -0.2) is 0 Å². The molecule has 0 saturated carbocycles. The largest absolute Gasteiger partial charge is 0.496 e. The standard InChI is InChI=1S/C12H13BrO2/c1-3-4-11(14)8-9-7-10(13)5-6-12(9)15-2/h3-7H,8H2,1-2H3/b4-3+. The number of hydrogen-bond donors (Lipinski definition) is 0. The molecular formula is C12H13BrO2. The van der Waals surface area contributed by atoms with E-state index in [1.165, 1.54) is 0 Å². The number of ketones is 1. The van der Waals surface area contributed by atoms with Gasteiger partial charge in [0.25, 0.3) is 0 Å². The van der Waals surface area contributed by atoms with E-state index in [-0.39, 0.29) is 5.78 Å². The molecule has 0 radical (unpaired) electrons. The van der Waals surface area contributed by atoms with Gasteiger partial charge in [-0.1, -0.05) is 22.0 Å². The first kappa shape index (κ1) is 12.0. The molecule has 0 unspecified atom stereocenters. The smallest absolute Gasteiger partial charge is 0.159 e. The Morgan fingerprint density at radius 2 is 2.27 bits per heavy atom. The first-order valence-electron chi connectivity index (χ1n) is 4.65. The fourth-order valence-electron chi connectivity index (χ4n) is 1.32. The molecule has 1 aromatic rings. The highest BCUT2D eigenvalue weighted by Crippen LogP contribution is 2.23. The topological polar surface area (TPSA) is 26.3 Å². The lowest BCUT2D eigenvalue weighted by molar-refractivity contribution is -0.114. The number of hydrogen-bond acceptors (Lipinski definition) is 2. The maximum absolute atomic E-state index is 11.4. The predicted octanol–water partition coefficient (Wildman–Crippen LogP) is 3.15. The summed E-state index contributed by atoms with van der Waals surface area (Å²) in [6.45, 7) is 1.83. The van der Waals surface area contributed by atoms with Gasteiger partial charge in [0.15, 0.2) is 5.78 Å². The third-order valence-corrected chi connectivity index (χ3v) is 2.45. The van der Waals surface area contributed by atoms with E-state index in [4.69, 9.17) is 4.74 Å². The van der Waals surface area contributed by atoms with Crippen LogP contribution in [0.4, 0.5) is 0 Å². The Morgan fingerprint density at radius 3 is 2.87 bits per heavy atom. The highest BCUT2D eigenvalue weighted by molar-refractivity contribution is 9.10. The summed E-state index contributed by atoms with van der Waals surface area (Å²) in [5, 5.41) is 0. The van der Waals surface area contributed by atoms with Gasteiger partial charge in [-0.3, -0.25) is 4.79 Å². The summed E-state index contributed by atoms with van der Waals surface area (Å²) < 4.78 is 6.13. The second-order valence-electron chi connectivity index (χ2n) is 3.10. The Morgan fingerprint density at radius 1 is 1.53 bits per heavy atom. The molecule has 0 N–H and O–H groups in total. The quantitative estimate of drug-likeness (QED) is 0.785. The lowest BCUT2D eigenvalue weighted by atomic mass is 10.1. The lowest BCUT2D eigenvalue weighted by Gasteiger charge is -2.07. The molecule has 0 saturated heterocycles. The Kier molecular flexibility index (Phi) is 4.56. The summed E-state index contributed by atoms with van der Waals surface area (Å²) in [4.78, 5) is 11.4. The average molecular weight is 269 g/mol. The van der Waals surface area contributed by atoms with Crippen LogP contribution >= 0.6 is 15.9 Å². The molecule has 80 valence electrons. The van der Waals surface area contributed by atoms with Crippen molar-refractivity contribution in [3.8, 4) is 5.75 Å². The maximum atomic E-state index is 11.4. The van der Waals surface area contributed by atoms with Crippen LogP contribution < -0.4 is 4.74 Å². The first-order chi connectivity index (χ1) is 7.17. The molecule has 15 heavy (non-hydrogen) atoms. The number of benzene rings is 1. The molecule has 0 amide bonds. The van der Waals surface area contributed by atoms with E-state index in [0.29, 0.717) is 6.42 Å². The van der Waals surface area contributed by atoms with Crippen LogP contribution in [0.1, 0.15) is 12.5 Å². The average Bonchev–Trinajstić information content (AvgIpc) is 2.18. The molecular weight excluding hydrogens is 256 g/mol. The van der Waals surface area contributed by atoms with E-state index in [9.17, 15) is 4.79 Å². The van der Waals surface area contributed by atoms with Crippen LogP contribution in [0.25, 0.3) is 0 Å². The maximum Gasteiger partial charge on any atom is 0.159 e. The monoisotopic (exact) mass is 268 g/mol. The minimum Gasteiger partial charge on any atom is -0.496 e. The number of ether oxygens (including phenoxy) is 1. The highest BCUT2D eigenvalue weighted by Gasteiger charge is 2.06. The van der Waals surface area contributed by atoms with Crippen LogP contribution in [0.5, 0.6) is 5.75 Å². The minimum atomic E-state index is 0.0777. The van der Waals surface area contributed by atoms with Crippen molar-refractivity contribution in [2.45, 2.75) is 13.3 Å². The number of rotatable bonds is 4. The molecule has 1 aromatic carbocycles. The second kappa shape index (κ2) is 5.71. The number of allylic oxidation sites excluding steroid dienone is 2. The van der Waals surface area contributed by atoms with E-state index in [1.54, 1.807) is 19.3 Å². The minimum absolute atomic E-state index is 0.0777. The van der Waals surface area contributed by atoms with Gasteiger partial charge in [0, 0.05) is 16.5 Å². The van der Waals surface area contributed by atoms with Gasteiger partial charge in [0.2, 0.25) is 0 Å². The van der Waals surface area contributed by atoms with E-state index in [2.05, 4.69) is 15.9 Å². The Labute approximate surface area is 98.1 Å². The van der Waals surface area contributed by atoms with Crippen molar-refractivity contribution in [3.05, 3.63) is 40.4 Å². The van der Waals surface area contributed by atoms with Crippen LogP contribution in [0.15, 0.2) is 34.8 Å². The molecule has 3 heteroatoms. The Balaban J connectivity index is 2.91. The van der Waals surface area contributed by atoms with Gasteiger partial charge < -0.3 is 4.74 Å². The molecule has 0 bridgehead atoms. The molecule has 1 rings (SSSR count). The summed E-state index contributed by atoms with van der Waals surface area (Å²) in [7, 11) is 1.60. The first-order valence-corrected chi connectivity index (χ1v) is 5.44. The van der Waals surface area contributed by atoms with E-state index >= 15 is 0 Å². The third-order valence-electron chi connectivity index (χ3n) is 1.96. The van der Waals surface area contributed by atoms with Crippen molar-refractivity contribution in [2.24, 2.45) is 0 Å². The zero-order valence-electron chi connectivity index (χ0n) is 8.79. The molecule has 0 fully saturated rings. The van der Waals surface area contributed by atoms with Gasteiger partial charge in [-0.15, -0.1) is 0 Å². The van der Waals surface area contributed by atoms with Crippen LogP contribution in [-0.4, -0.2) is 12.9 Å². The third kappa shape index (κ3) is 3.51. The summed E-state index contributed by atoms with van der Waals surface area (Å²) >= 11 is 3.37. The molecule has 0 spiro atoms. The van der Waals surface area contributed by atoms with E-state index < -0.39 is 0 Å². The Bertz CT molecular complexity index is 383. The fourth-order valence-corrected chi connectivity index (χ4v) is 1.73. The summed E-state index contributed by atoms with van der Waals surface area (Å²) in [6, 6.07) is 5.64. The van der Waals surface area contributed by atoms with Crippen molar-refractivity contribution in [2.75, 3.05) is 7.11 Å². The van der Waals surface area contributed by atoms with Crippen LogP contribution in [0, 0.1) is 0 Å². The molecule has 0 aromatic heterocycles. The fraction of sp³-hybridized carbons (Fsp3) is 0.250. The zero-order chi connectivity index (χ0) is 11.3. The SMILES string of the molecule is C/C=C/C(=O)Cc1cc(Br)ccc1OC. The second-order valence-corrected chi connectivity index (χ2v) is 4.01. The summed E-state index contributed by atoms with van der Waals surface area (Å²) in [6.07, 6.45) is 3.68. The molecule has 0 heterocycles. The van der Waals surface area contributed by atoms with Gasteiger partial charge in [-0.2, -0.15) is 0 Å². The number of halogens is 1. The van der Waals surface area contributed by atoms with Gasteiger partial charge in [0.05, 0.1) is 7.11 Å². The van der Waals surface area contributed by atoms with Crippen molar-refractivity contribution in [1.82, 2.24) is 0 Å². The van der Waals surface area contributed by atoms with Crippen molar-refractivity contribution < 1.29 is 9.53 Å². The van der Waals surface area contributed by atoms with Crippen LogP contribution in [0.3, 0.4) is 0 Å². The van der Waals surface area contributed by atoms with Crippen molar-refractivity contribution in [1.29, 1.82) is 0 Å². The summed E-state index contributed by atoms with van der Waals surface area (Å²) in [5.74, 6) is 0.824. The molecule has 0 aliphatic rings. The van der Waals surface area contributed by atoms with Gasteiger partial charge >= 0.3 is 0 Å². The summed E-state index contributed by atoms with van der Waals surface area (Å²) in [5.41, 5.74) is 0.898. The number of methoxy groups -OCH3 is 1. The number of carbonyl (C=O) groups is 1. The van der Waals surface area contributed by atoms with Gasteiger partial charge in [-0.05, 0) is 31.2 Å². The van der Waals surface area contributed by atoms with Crippen molar-refractivity contribution in [3.63, 3.8) is 0 Å². The van der Waals surface area contributed by atoms with Crippen LogP contribution in [0.2, 0.25) is 0 Å². The normalized spacial score (nSPS) is 10.6. The predicted molar refractivity (Wildman–Crippen MR) is 64.2 cm³/mol. The molecule has 0 aliphatic carbocycles. The molecule has 0 atom stereocenters. The van der Waals surface area contributed by atoms with Crippen LogP contribution in [-0.2, 0) is 11.2 Å². The Hall–Kier alpha value is -1.09. The van der Waals surface area contributed by atoms with E-state index in [0.717, 1.165) is 15.8 Å². The van der Waals surface area contributed by atoms with Gasteiger partial charge in [0.1, 0.15) is 5.75 Å². The zero-order valence-corrected chi connectivity index (χ0v) is 10.4. The highest BCUT2D eigenvalue weighted by atomic mass is 79.9. The molecule has 0 aliphatic heterocycles. The lowest BCUT2D eigenvalue weighted by Crippen LogP contribution is -2.00.